The summed E-state index contributed by atoms with van der Waals surface area (Å²) in [5, 5.41) is 15.6. The van der Waals surface area contributed by atoms with Gasteiger partial charge in [0, 0.05) is 36.6 Å². The number of nitrogens with one attached hydrogen (secondary N) is 1. The number of hydrogen-bond donors (Lipinski definition) is 2. The Morgan fingerprint density at radius 1 is 1.12 bits per heavy atom. The number of carboxylic acids is 1. The molecule has 1 aliphatic carbocycles. The first-order valence-electron chi connectivity index (χ1n) is 11.1. The van der Waals surface area contributed by atoms with Gasteiger partial charge in [0.2, 0.25) is 0 Å². The van der Waals surface area contributed by atoms with Gasteiger partial charge in [-0.05, 0) is 61.2 Å². The Morgan fingerprint density at radius 3 is 2.70 bits per heavy atom. The molecule has 0 bridgehead atoms. The third-order valence-electron chi connectivity index (χ3n) is 6.40. The summed E-state index contributed by atoms with van der Waals surface area (Å²) in [6.45, 7) is 0.883. The van der Waals surface area contributed by atoms with Crippen LogP contribution in [0.15, 0.2) is 66.9 Å². The number of anilines is 2. The molecule has 3 heterocycles. The van der Waals surface area contributed by atoms with Gasteiger partial charge in [-0.2, -0.15) is 5.10 Å². The van der Waals surface area contributed by atoms with Gasteiger partial charge in [0.05, 0.1) is 27.8 Å². The summed E-state index contributed by atoms with van der Waals surface area (Å²) >= 11 is 0. The second-order valence-corrected chi connectivity index (χ2v) is 8.68. The fourth-order valence-corrected chi connectivity index (χ4v) is 4.39. The molecule has 3 aromatic heterocycles. The van der Waals surface area contributed by atoms with Crippen molar-refractivity contribution in [1.82, 2.24) is 19.7 Å². The van der Waals surface area contributed by atoms with Gasteiger partial charge in [-0.1, -0.05) is 18.2 Å². The van der Waals surface area contributed by atoms with Crippen molar-refractivity contribution in [2.75, 3.05) is 11.9 Å². The summed E-state index contributed by atoms with van der Waals surface area (Å²) in [4.78, 5) is 21.4. The van der Waals surface area contributed by atoms with Crippen LogP contribution in [-0.2, 0) is 6.54 Å². The van der Waals surface area contributed by atoms with Crippen molar-refractivity contribution in [2.24, 2.45) is 5.92 Å². The average Bonchev–Trinajstić information content (AvgIpc) is 3.43. The van der Waals surface area contributed by atoms with Gasteiger partial charge in [0.25, 0.3) is 0 Å². The summed E-state index contributed by atoms with van der Waals surface area (Å²) in [6, 6.07) is 20.1. The van der Waals surface area contributed by atoms with E-state index in [0.29, 0.717) is 17.0 Å². The SMILES string of the molecule is CN(c1ccccc1)c1ccc2c(-c3cc4nccc(C(=O)O)c4[nH]3)nn(CC3CC3)c2c1. The van der Waals surface area contributed by atoms with E-state index >= 15 is 0 Å². The highest BCUT2D eigenvalue weighted by Crippen LogP contribution is 2.36. The molecule has 0 spiro atoms. The maximum Gasteiger partial charge on any atom is 0.337 e. The monoisotopic (exact) mass is 437 g/mol. The number of benzene rings is 2. The molecule has 33 heavy (non-hydrogen) atoms. The van der Waals surface area contributed by atoms with E-state index < -0.39 is 5.97 Å². The third kappa shape index (κ3) is 3.42. The minimum atomic E-state index is -0.978. The summed E-state index contributed by atoms with van der Waals surface area (Å²) in [5.41, 5.74) is 6.21. The molecule has 2 aromatic carbocycles. The molecule has 1 aliphatic rings. The standard InChI is InChI=1S/C26H23N5O2/c1-30(17-5-3-2-4-6-17)18-9-10-19-23(13-18)31(15-16-7-8-16)29-25(19)22-14-21-24(28-22)20(26(32)33)11-12-27-21/h2-6,9-14,16,28H,7-8,15H2,1H3,(H,32,33). The topological polar surface area (TPSA) is 87.0 Å². The molecule has 0 atom stereocenters. The number of hydrogen-bond acceptors (Lipinski definition) is 4. The van der Waals surface area contributed by atoms with Crippen LogP contribution in [0.25, 0.3) is 33.3 Å². The first-order valence-corrected chi connectivity index (χ1v) is 11.1. The van der Waals surface area contributed by atoms with Crippen LogP contribution in [0.1, 0.15) is 23.2 Å². The number of fused-ring (bicyclic) bond motifs is 2. The zero-order chi connectivity index (χ0) is 22.5. The zero-order valence-electron chi connectivity index (χ0n) is 18.2. The van der Waals surface area contributed by atoms with E-state index in [0.717, 1.165) is 40.2 Å². The maximum atomic E-state index is 11.7. The summed E-state index contributed by atoms with van der Waals surface area (Å²) < 4.78 is 2.10. The lowest BCUT2D eigenvalue weighted by Crippen LogP contribution is -2.09. The van der Waals surface area contributed by atoms with Crippen LogP contribution in [0, 0.1) is 5.92 Å². The van der Waals surface area contributed by atoms with Crippen LogP contribution >= 0.6 is 0 Å². The molecule has 2 N–H and O–H groups in total. The normalized spacial score (nSPS) is 13.6. The van der Waals surface area contributed by atoms with Gasteiger partial charge in [-0.25, -0.2) is 4.79 Å². The number of carboxylic acid groups (broad SMARTS) is 1. The number of aromatic nitrogens is 4. The van der Waals surface area contributed by atoms with Crippen LogP contribution in [0.5, 0.6) is 0 Å². The van der Waals surface area contributed by atoms with Crippen molar-refractivity contribution in [3.63, 3.8) is 0 Å². The first kappa shape index (κ1) is 19.5. The van der Waals surface area contributed by atoms with Crippen molar-refractivity contribution in [3.05, 3.63) is 72.4 Å². The number of nitrogens with zero attached hydrogens (tertiary/aromatic N) is 4. The van der Waals surface area contributed by atoms with Crippen LogP contribution in [0.3, 0.4) is 0 Å². The van der Waals surface area contributed by atoms with Crippen LogP contribution in [0.4, 0.5) is 11.4 Å². The lowest BCUT2D eigenvalue weighted by Gasteiger charge is -2.19. The smallest absolute Gasteiger partial charge is 0.337 e. The number of para-hydroxylation sites is 1. The Morgan fingerprint density at radius 2 is 1.94 bits per heavy atom. The number of aromatic carboxylic acids is 1. The second kappa shape index (κ2) is 7.48. The lowest BCUT2D eigenvalue weighted by molar-refractivity contribution is 0.0698. The van der Waals surface area contributed by atoms with Crippen LogP contribution in [-0.4, -0.2) is 37.9 Å². The van der Waals surface area contributed by atoms with E-state index in [4.69, 9.17) is 5.10 Å². The Hall–Kier alpha value is -4.13. The quantitative estimate of drug-likeness (QED) is 0.369. The van der Waals surface area contributed by atoms with Crippen molar-refractivity contribution >= 4 is 39.3 Å². The molecule has 6 rings (SSSR count). The molecular weight excluding hydrogens is 414 g/mol. The second-order valence-electron chi connectivity index (χ2n) is 8.68. The number of carbonyl (C=O) groups is 1. The zero-order valence-corrected chi connectivity index (χ0v) is 18.2. The van der Waals surface area contributed by atoms with E-state index in [-0.39, 0.29) is 5.56 Å². The average molecular weight is 438 g/mol. The van der Waals surface area contributed by atoms with Gasteiger partial charge in [-0.15, -0.1) is 0 Å². The summed E-state index contributed by atoms with van der Waals surface area (Å²) in [7, 11) is 2.07. The molecular formula is C26H23N5O2. The molecule has 7 heteroatoms. The van der Waals surface area contributed by atoms with E-state index in [9.17, 15) is 9.90 Å². The van der Waals surface area contributed by atoms with Gasteiger partial charge < -0.3 is 15.0 Å². The molecule has 0 radical (unpaired) electrons. The highest BCUT2D eigenvalue weighted by Gasteiger charge is 2.25. The molecule has 0 aliphatic heterocycles. The first-order chi connectivity index (χ1) is 16.1. The van der Waals surface area contributed by atoms with Crippen LogP contribution < -0.4 is 4.90 Å². The highest BCUT2D eigenvalue weighted by atomic mass is 16.4. The predicted octanol–water partition coefficient (Wildman–Crippen LogP) is 5.46. The van der Waals surface area contributed by atoms with Gasteiger partial charge in [-0.3, -0.25) is 9.67 Å². The molecule has 0 amide bonds. The van der Waals surface area contributed by atoms with Gasteiger partial charge in [0.15, 0.2) is 0 Å². The Labute approximate surface area is 190 Å². The molecule has 1 saturated carbocycles. The molecule has 5 aromatic rings. The molecule has 7 nitrogen and oxygen atoms in total. The fraction of sp³-hybridized carbons (Fsp3) is 0.192. The van der Waals surface area contributed by atoms with Gasteiger partial charge >= 0.3 is 5.97 Å². The maximum absolute atomic E-state index is 11.7. The Bertz CT molecular complexity index is 1500. The largest absolute Gasteiger partial charge is 0.478 e. The van der Waals surface area contributed by atoms with E-state index in [2.05, 4.69) is 56.9 Å². The molecule has 1 fully saturated rings. The van der Waals surface area contributed by atoms with Gasteiger partial charge in [0.1, 0.15) is 5.69 Å². The van der Waals surface area contributed by atoms with Crippen LogP contribution in [0.2, 0.25) is 0 Å². The highest BCUT2D eigenvalue weighted by molar-refractivity contribution is 6.03. The third-order valence-corrected chi connectivity index (χ3v) is 6.40. The Kier molecular flexibility index (Phi) is 4.43. The number of pyridine rings is 1. The summed E-state index contributed by atoms with van der Waals surface area (Å²) in [6.07, 6.45) is 4.00. The predicted molar refractivity (Wildman–Crippen MR) is 129 cm³/mol. The molecule has 0 unspecified atom stereocenters. The van der Waals surface area contributed by atoms with Crippen molar-refractivity contribution in [3.8, 4) is 11.4 Å². The van der Waals surface area contributed by atoms with E-state index in [1.807, 2.05) is 24.3 Å². The lowest BCUT2D eigenvalue weighted by atomic mass is 10.1. The number of aromatic amines is 1. The number of H-pyrrole nitrogens is 1. The summed E-state index contributed by atoms with van der Waals surface area (Å²) in [5.74, 6) is -0.312. The van der Waals surface area contributed by atoms with E-state index in [1.54, 1.807) is 0 Å². The van der Waals surface area contributed by atoms with Crippen molar-refractivity contribution < 1.29 is 9.90 Å². The molecule has 164 valence electrons. The minimum absolute atomic E-state index is 0.208. The minimum Gasteiger partial charge on any atom is -0.478 e. The molecule has 0 saturated heterocycles. The van der Waals surface area contributed by atoms with Crippen molar-refractivity contribution in [2.45, 2.75) is 19.4 Å². The Balaban J connectivity index is 1.49. The van der Waals surface area contributed by atoms with E-state index in [1.165, 1.54) is 25.1 Å². The fourth-order valence-electron chi connectivity index (χ4n) is 4.39. The van der Waals surface area contributed by atoms with Crippen molar-refractivity contribution in [1.29, 1.82) is 0 Å². The number of rotatable bonds is 6.